The van der Waals surface area contributed by atoms with Crippen LogP contribution < -0.4 is 0 Å². The van der Waals surface area contributed by atoms with Crippen LogP contribution in [0.25, 0.3) is 0 Å². The van der Waals surface area contributed by atoms with Crippen molar-refractivity contribution >= 4 is 0 Å². The van der Waals surface area contributed by atoms with E-state index in [0.717, 1.165) is 0 Å². The molecule has 0 fully saturated rings. The van der Waals surface area contributed by atoms with Crippen molar-refractivity contribution in [1.82, 2.24) is 4.98 Å². The molecule has 0 saturated carbocycles. The summed E-state index contributed by atoms with van der Waals surface area (Å²) in [5.74, 6) is 0. The second-order valence-corrected chi connectivity index (χ2v) is 2.24. The van der Waals surface area contributed by atoms with Crippen LogP contribution in [0.1, 0.15) is 25.0 Å². The molecular weight excluding hydrogens is 150 g/mol. The third-order valence-electron chi connectivity index (χ3n) is 1.44. The molecule has 0 spiro atoms. The summed E-state index contributed by atoms with van der Waals surface area (Å²) in [7, 11) is 1.69. The quantitative estimate of drug-likeness (QED) is 0.675. The molecule has 1 aromatic rings. The Labute approximate surface area is 74.6 Å². The molecule has 0 aromatic carbocycles. The van der Waals surface area contributed by atoms with E-state index in [9.17, 15) is 0 Å². The van der Waals surface area contributed by atoms with Gasteiger partial charge in [-0.2, -0.15) is 0 Å². The van der Waals surface area contributed by atoms with Crippen LogP contribution in [0, 0.1) is 6.92 Å². The highest BCUT2D eigenvalue weighted by atomic mass is 16.5. The third-order valence-corrected chi connectivity index (χ3v) is 1.44. The highest BCUT2D eigenvalue weighted by molar-refractivity contribution is 5.20. The number of methoxy groups -OCH3 is 1. The van der Waals surface area contributed by atoms with Gasteiger partial charge in [0.25, 0.3) is 0 Å². The Hall–Kier alpha value is -0.890. The van der Waals surface area contributed by atoms with E-state index in [1.807, 2.05) is 33.0 Å². The minimum atomic E-state index is 0.675. The van der Waals surface area contributed by atoms with E-state index in [4.69, 9.17) is 4.74 Å². The second kappa shape index (κ2) is 6.80. The Morgan fingerprint density at radius 3 is 2.58 bits per heavy atom. The molecule has 2 heteroatoms. The van der Waals surface area contributed by atoms with Gasteiger partial charge in [-0.3, -0.25) is 4.98 Å². The normalized spacial score (nSPS) is 8.67. The number of nitrogens with zero attached hydrogens (tertiary/aromatic N) is 1. The van der Waals surface area contributed by atoms with E-state index in [2.05, 4.69) is 4.98 Å². The zero-order valence-corrected chi connectivity index (χ0v) is 8.29. The van der Waals surface area contributed by atoms with Crippen LogP contribution in [0.4, 0.5) is 0 Å². The van der Waals surface area contributed by atoms with E-state index < -0.39 is 0 Å². The van der Waals surface area contributed by atoms with Crippen molar-refractivity contribution in [3.05, 3.63) is 29.6 Å². The summed E-state index contributed by atoms with van der Waals surface area (Å²) in [6.45, 7) is 6.70. The van der Waals surface area contributed by atoms with Crippen molar-refractivity contribution in [2.75, 3.05) is 7.11 Å². The molecule has 0 aliphatic carbocycles. The summed E-state index contributed by atoms with van der Waals surface area (Å²) in [5.41, 5.74) is 2.39. The van der Waals surface area contributed by atoms with Gasteiger partial charge in [0.15, 0.2) is 0 Å². The summed E-state index contributed by atoms with van der Waals surface area (Å²) >= 11 is 0. The molecule has 0 radical (unpaired) electrons. The highest BCUT2D eigenvalue weighted by Crippen LogP contribution is 2.04. The maximum Gasteiger partial charge on any atom is 0.0716 e. The van der Waals surface area contributed by atoms with E-state index >= 15 is 0 Å². The van der Waals surface area contributed by atoms with Crippen LogP contribution in [-0.2, 0) is 11.3 Å². The van der Waals surface area contributed by atoms with Crippen LogP contribution in [-0.4, -0.2) is 12.1 Å². The van der Waals surface area contributed by atoms with Crippen molar-refractivity contribution in [1.29, 1.82) is 0 Å². The Bertz CT molecular complexity index is 211. The average Bonchev–Trinajstić information content (AvgIpc) is 2.13. The summed E-state index contributed by atoms with van der Waals surface area (Å²) in [4.78, 5) is 3.97. The third kappa shape index (κ3) is 3.49. The molecule has 1 rings (SSSR count). The molecule has 0 amide bonds. The maximum absolute atomic E-state index is 4.98. The molecule has 0 aliphatic rings. The Morgan fingerprint density at radius 2 is 2.08 bits per heavy atom. The molecule has 0 N–H and O–H groups in total. The highest BCUT2D eigenvalue weighted by Gasteiger charge is 1.93. The van der Waals surface area contributed by atoms with Crippen LogP contribution in [0.5, 0.6) is 0 Å². The molecule has 0 aliphatic heterocycles. The molecule has 12 heavy (non-hydrogen) atoms. The van der Waals surface area contributed by atoms with Crippen molar-refractivity contribution in [2.24, 2.45) is 0 Å². The minimum absolute atomic E-state index is 0.675. The van der Waals surface area contributed by atoms with E-state index in [-0.39, 0.29) is 0 Å². The Morgan fingerprint density at radius 1 is 1.42 bits per heavy atom. The van der Waals surface area contributed by atoms with Gasteiger partial charge in [0.05, 0.1) is 6.61 Å². The number of hydrogen-bond donors (Lipinski definition) is 0. The monoisotopic (exact) mass is 167 g/mol. The molecule has 1 heterocycles. The van der Waals surface area contributed by atoms with Crippen molar-refractivity contribution in [3.8, 4) is 0 Å². The molecular formula is C10H17NO. The van der Waals surface area contributed by atoms with Gasteiger partial charge in [-0.15, -0.1) is 0 Å². The van der Waals surface area contributed by atoms with Crippen molar-refractivity contribution in [3.63, 3.8) is 0 Å². The van der Waals surface area contributed by atoms with Crippen LogP contribution in [0.3, 0.4) is 0 Å². The van der Waals surface area contributed by atoms with Gasteiger partial charge in [-0.1, -0.05) is 13.8 Å². The lowest BCUT2D eigenvalue weighted by molar-refractivity contribution is 0.184. The fourth-order valence-corrected chi connectivity index (χ4v) is 0.820. The average molecular weight is 167 g/mol. The van der Waals surface area contributed by atoms with Crippen molar-refractivity contribution in [2.45, 2.75) is 27.4 Å². The first-order valence-electron chi connectivity index (χ1n) is 4.23. The van der Waals surface area contributed by atoms with Gasteiger partial charge < -0.3 is 4.74 Å². The number of hydrogen-bond acceptors (Lipinski definition) is 2. The first-order valence-corrected chi connectivity index (χ1v) is 4.23. The van der Waals surface area contributed by atoms with Gasteiger partial charge >= 0.3 is 0 Å². The standard InChI is InChI=1S/C8H11NO.C2H6/c1-7-5-9-4-3-8(7)6-10-2;1-2/h3-5H,6H2,1-2H3;1-2H3. The van der Waals surface area contributed by atoms with Crippen LogP contribution >= 0.6 is 0 Å². The first-order chi connectivity index (χ1) is 5.84. The van der Waals surface area contributed by atoms with E-state index in [1.165, 1.54) is 11.1 Å². The fourth-order valence-electron chi connectivity index (χ4n) is 0.820. The molecule has 0 saturated heterocycles. The number of aryl methyl sites for hydroxylation is 1. The SMILES string of the molecule is CC.COCc1ccncc1C. The lowest BCUT2D eigenvalue weighted by Crippen LogP contribution is -1.91. The molecule has 68 valence electrons. The number of rotatable bonds is 2. The number of pyridine rings is 1. The fraction of sp³-hybridized carbons (Fsp3) is 0.500. The van der Waals surface area contributed by atoms with E-state index in [1.54, 1.807) is 13.3 Å². The van der Waals surface area contributed by atoms with Gasteiger partial charge in [0.2, 0.25) is 0 Å². The first kappa shape index (κ1) is 11.1. The summed E-state index contributed by atoms with van der Waals surface area (Å²) in [5, 5.41) is 0. The lowest BCUT2D eigenvalue weighted by atomic mass is 10.2. The van der Waals surface area contributed by atoms with Gasteiger partial charge in [0.1, 0.15) is 0 Å². The molecule has 0 unspecified atom stereocenters. The topological polar surface area (TPSA) is 22.1 Å². The smallest absolute Gasteiger partial charge is 0.0716 e. The molecule has 0 bridgehead atoms. The predicted molar refractivity (Wildman–Crippen MR) is 51.0 cm³/mol. The van der Waals surface area contributed by atoms with Crippen molar-refractivity contribution < 1.29 is 4.74 Å². The Balaban J connectivity index is 0.000000561. The number of ether oxygens (including phenoxy) is 1. The second-order valence-electron chi connectivity index (χ2n) is 2.24. The summed E-state index contributed by atoms with van der Waals surface area (Å²) in [6, 6.07) is 1.97. The number of aromatic nitrogens is 1. The van der Waals surface area contributed by atoms with Gasteiger partial charge in [-0.25, -0.2) is 0 Å². The van der Waals surface area contributed by atoms with Gasteiger partial charge in [0, 0.05) is 19.5 Å². The Kier molecular flexibility index (Phi) is 6.29. The zero-order valence-electron chi connectivity index (χ0n) is 8.29. The molecule has 0 atom stereocenters. The van der Waals surface area contributed by atoms with Crippen LogP contribution in [0.2, 0.25) is 0 Å². The van der Waals surface area contributed by atoms with Gasteiger partial charge in [-0.05, 0) is 24.1 Å². The predicted octanol–water partition coefficient (Wildman–Crippen LogP) is 2.56. The largest absolute Gasteiger partial charge is 0.380 e. The summed E-state index contributed by atoms with van der Waals surface area (Å²) < 4.78 is 4.98. The maximum atomic E-state index is 4.98. The minimum Gasteiger partial charge on any atom is -0.380 e. The van der Waals surface area contributed by atoms with E-state index in [0.29, 0.717) is 6.61 Å². The molecule has 1 aromatic heterocycles. The zero-order chi connectivity index (χ0) is 9.40. The van der Waals surface area contributed by atoms with Crippen LogP contribution in [0.15, 0.2) is 18.5 Å². The molecule has 2 nitrogen and oxygen atoms in total. The summed E-state index contributed by atoms with van der Waals surface area (Å²) in [6.07, 6.45) is 3.62. The lowest BCUT2D eigenvalue weighted by Gasteiger charge is -2.01.